The molecule has 6 heteroatoms. The lowest BCUT2D eigenvalue weighted by Crippen LogP contribution is -2.45. The van der Waals surface area contributed by atoms with E-state index in [0.29, 0.717) is 11.4 Å². The van der Waals surface area contributed by atoms with Gasteiger partial charge in [-0.1, -0.05) is 43.5 Å². The predicted octanol–water partition coefficient (Wildman–Crippen LogP) is 3.22. The zero-order valence-electron chi connectivity index (χ0n) is 10.6. The van der Waals surface area contributed by atoms with E-state index in [1.54, 1.807) is 6.92 Å². The summed E-state index contributed by atoms with van der Waals surface area (Å²) in [5.41, 5.74) is 0.209. The van der Waals surface area contributed by atoms with E-state index in [4.69, 9.17) is 28.3 Å². The first-order valence-electron chi connectivity index (χ1n) is 5.85. The summed E-state index contributed by atoms with van der Waals surface area (Å²) in [6, 6.07) is 3.50. The number of carboxylic acid groups (broad SMARTS) is 1. The van der Waals surface area contributed by atoms with E-state index >= 15 is 0 Å². The Kier molecular flexibility index (Phi) is 5.63. The number of hydrogen-bond donors (Lipinski definition) is 2. The highest BCUT2D eigenvalue weighted by molar-refractivity contribution is 6.36. The molecule has 0 bridgehead atoms. The minimum atomic E-state index is -1.06. The fourth-order valence-corrected chi connectivity index (χ4v) is 2.07. The van der Waals surface area contributed by atoms with Crippen LogP contribution in [-0.4, -0.2) is 23.0 Å². The van der Waals surface area contributed by atoms with Crippen LogP contribution < -0.4 is 5.32 Å². The monoisotopic (exact) mass is 303 g/mol. The molecule has 0 aromatic heterocycles. The highest BCUT2D eigenvalue weighted by atomic mass is 35.5. The van der Waals surface area contributed by atoms with Crippen LogP contribution in [0.5, 0.6) is 0 Å². The summed E-state index contributed by atoms with van der Waals surface area (Å²) >= 11 is 11.6. The number of carbonyl (C=O) groups excluding carboxylic acids is 1. The quantitative estimate of drug-likeness (QED) is 0.877. The third kappa shape index (κ3) is 4.11. The highest BCUT2D eigenvalue weighted by Gasteiger charge is 2.26. The predicted molar refractivity (Wildman–Crippen MR) is 74.8 cm³/mol. The molecule has 0 saturated carbocycles. The summed E-state index contributed by atoms with van der Waals surface area (Å²) in [6.45, 7) is 3.63. The van der Waals surface area contributed by atoms with Crippen molar-refractivity contribution >= 4 is 35.1 Å². The van der Waals surface area contributed by atoms with Gasteiger partial charge in [-0.3, -0.25) is 4.79 Å². The van der Waals surface area contributed by atoms with Crippen LogP contribution in [0.2, 0.25) is 10.0 Å². The number of halogens is 2. The van der Waals surface area contributed by atoms with Gasteiger partial charge < -0.3 is 10.4 Å². The molecule has 2 N–H and O–H groups in total. The average molecular weight is 304 g/mol. The maximum Gasteiger partial charge on any atom is 0.326 e. The molecule has 1 aromatic rings. The normalized spacial score (nSPS) is 13.7. The fourth-order valence-electron chi connectivity index (χ4n) is 1.58. The third-order valence-electron chi connectivity index (χ3n) is 2.94. The van der Waals surface area contributed by atoms with Gasteiger partial charge >= 0.3 is 5.97 Å². The lowest BCUT2D eigenvalue weighted by molar-refractivity contribution is -0.140. The molecule has 4 nitrogen and oxygen atoms in total. The molecule has 0 aliphatic heterocycles. The molecule has 1 aromatic carbocycles. The Morgan fingerprint density at radius 2 is 2.00 bits per heavy atom. The van der Waals surface area contributed by atoms with Crippen molar-refractivity contribution in [3.63, 3.8) is 0 Å². The van der Waals surface area contributed by atoms with Crippen molar-refractivity contribution in [1.29, 1.82) is 0 Å². The highest BCUT2D eigenvalue weighted by Crippen LogP contribution is 2.21. The zero-order chi connectivity index (χ0) is 14.6. The van der Waals surface area contributed by atoms with Crippen LogP contribution in [0.25, 0.3) is 0 Å². The molecular weight excluding hydrogens is 289 g/mol. The first-order chi connectivity index (χ1) is 8.86. The van der Waals surface area contributed by atoms with E-state index < -0.39 is 17.9 Å². The number of amides is 1. The fraction of sp³-hybridized carbons (Fsp3) is 0.385. The van der Waals surface area contributed by atoms with Crippen LogP contribution in [-0.2, 0) is 4.79 Å². The number of aliphatic carboxylic acids is 1. The first kappa shape index (κ1) is 15.8. The van der Waals surface area contributed by atoms with Crippen LogP contribution in [0.4, 0.5) is 0 Å². The van der Waals surface area contributed by atoms with Crippen molar-refractivity contribution < 1.29 is 14.7 Å². The van der Waals surface area contributed by atoms with Crippen molar-refractivity contribution in [2.75, 3.05) is 0 Å². The van der Waals surface area contributed by atoms with Gasteiger partial charge in [-0.05, 0) is 24.1 Å². The van der Waals surface area contributed by atoms with Crippen LogP contribution in [0.3, 0.4) is 0 Å². The second-order valence-electron chi connectivity index (χ2n) is 4.30. The van der Waals surface area contributed by atoms with Gasteiger partial charge in [0.05, 0.1) is 10.6 Å². The second-order valence-corrected chi connectivity index (χ2v) is 5.14. The third-order valence-corrected chi connectivity index (χ3v) is 3.49. The van der Waals surface area contributed by atoms with Gasteiger partial charge in [0.2, 0.25) is 0 Å². The molecule has 0 radical (unpaired) electrons. The smallest absolute Gasteiger partial charge is 0.326 e. The van der Waals surface area contributed by atoms with E-state index in [1.807, 2.05) is 6.92 Å². The summed E-state index contributed by atoms with van der Waals surface area (Å²) in [7, 11) is 0. The molecule has 0 fully saturated rings. The molecule has 0 spiro atoms. The summed E-state index contributed by atoms with van der Waals surface area (Å²) in [5, 5.41) is 12.2. The molecule has 0 aliphatic rings. The lowest BCUT2D eigenvalue weighted by Gasteiger charge is -2.20. The molecule has 0 heterocycles. The number of nitrogens with one attached hydrogen (secondary N) is 1. The Hall–Kier alpha value is -1.26. The molecule has 104 valence electrons. The van der Waals surface area contributed by atoms with Gasteiger partial charge in [0.15, 0.2) is 0 Å². The number of rotatable bonds is 5. The summed E-state index contributed by atoms with van der Waals surface area (Å²) in [6.07, 6.45) is 0.644. The Morgan fingerprint density at radius 1 is 1.37 bits per heavy atom. The van der Waals surface area contributed by atoms with Crippen LogP contribution in [0.15, 0.2) is 18.2 Å². The Morgan fingerprint density at radius 3 is 2.47 bits per heavy atom. The molecule has 0 unspecified atom stereocenters. The number of carbonyl (C=O) groups is 2. The number of carboxylic acids is 1. The zero-order valence-corrected chi connectivity index (χ0v) is 12.1. The molecule has 1 rings (SSSR count). The van der Waals surface area contributed by atoms with Crippen molar-refractivity contribution in [3.05, 3.63) is 33.8 Å². The maximum absolute atomic E-state index is 12.0. The second kappa shape index (κ2) is 6.78. The molecule has 1 amide bonds. The van der Waals surface area contributed by atoms with Crippen LogP contribution >= 0.6 is 23.2 Å². The van der Waals surface area contributed by atoms with Crippen LogP contribution in [0, 0.1) is 5.92 Å². The van der Waals surface area contributed by atoms with Crippen molar-refractivity contribution in [2.45, 2.75) is 26.3 Å². The topological polar surface area (TPSA) is 66.4 Å². The van der Waals surface area contributed by atoms with E-state index in [9.17, 15) is 9.59 Å². The molecule has 2 atom stereocenters. The Balaban J connectivity index is 2.91. The SMILES string of the molecule is CC[C@@H](C)[C@@H](NC(=O)c1ccc(Cl)cc1Cl)C(=O)O. The number of benzene rings is 1. The van der Waals surface area contributed by atoms with Crippen molar-refractivity contribution in [3.8, 4) is 0 Å². The molecule has 0 aliphatic carbocycles. The van der Waals surface area contributed by atoms with Gasteiger partial charge in [-0.2, -0.15) is 0 Å². The van der Waals surface area contributed by atoms with E-state index in [0.717, 1.165) is 0 Å². The van der Waals surface area contributed by atoms with Gasteiger partial charge in [-0.15, -0.1) is 0 Å². The summed E-state index contributed by atoms with van der Waals surface area (Å²) in [4.78, 5) is 23.1. The number of hydrogen-bond acceptors (Lipinski definition) is 2. The maximum atomic E-state index is 12.0. The van der Waals surface area contributed by atoms with Crippen molar-refractivity contribution in [1.82, 2.24) is 5.32 Å². The summed E-state index contributed by atoms with van der Waals surface area (Å²) in [5.74, 6) is -1.75. The molecule has 0 saturated heterocycles. The summed E-state index contributed by atoms with van der Waals surface area (Å²) < 4.78 is 0. The van der Waals surface area contributed by atoms with E-state index in [2.05, 4.69) is 5.32 Å². The van der Waals surface area contributed by atoms with Crippen LogP contribution in [0.1, 0.15) is 30.6 Å². The average Bonchev–Trinajstić information content (AvgIpc) is 2.34. The van der Waals surface area contributed by atoms with Gasteiger partial charge in [0, 0.05) is 5.02 Å². The lowest BCUT2D eigenvalue weighted by atomic mass is 9.99. The van der Waals surface area contributed by atoms with E-state index in [1.165, 1.54) is 18.2 Å². The Bertz CT molecular complexity index is 491. The molecular formula is C13H15Cl2NO3. The minimum absolute atomic E-state index is 0.174. The minimum Gasteiger partial charge on any atom is -0.480 e. The Labute approximate surface area is 121 Å². The molecule has 19 heavy (non-hydrogen) atoms. The van der Waals surface area contributed by atoms with E-state index in [-0.39, 0.29) is 16.5 Å². The first-order valence-corrected chi connectivity index (χ1v) is 6.61. The standard InChI is InChI=1S/C13H15Cl2NO3/c1-3-7(2)11(13(18)19)16-12(17)9-5-4-8(14)6-10(9)15/h4-7,11H,3H2,1-2H3,(H,16,17)(H,18,19)/t7-,11-/m1/s1. The largest absolute Gasteiger partial charge is 0.480 e. The van der Waals surface area contributed by atoms with Gasteiger partial charge in [0.1, 0.15) is 6.04 Å². The van der Waals surface area contributed by atoms with Crippen molar-refractivity contribution in [2.24, 2.45) is 5.92 Å². The van der Waals surface area contributed by atoms with Gasteiger partial charge in [-0.25, -0.2) is 4.79 Å². The van der Waals surface area contributed by atoms with Gasteiger partial charge in [0.25, 0.3) is 5.91 Å².